The van der Waals surface area contributed by atoms with Crippen molar-refractivity contribution in [2.75, 3.05) is 0 Å². The second-order valence-electron chi connectivity index (χ2n) is 14.0. The van der Waals surface area contributed by atoms with Crippen LogP contribution >= 0.6 is 34.4 Å². The molecule has 0 aromatic heterocycles. The van der Waals surface area contributed by atoms with Gasteiger partial charge in [0.2, 0.25) is 0 Å². The number of hydrogen-bond acceptors (Lipinski definition) is 0. The van der Waals surface area contributed by atoms with Crippen molar-refractivity contribution in [3.8, 4) is 0 Å². The maximum Gasteiger partial charge on any atom is -0.0134 e. The molecular weight excluding hydrogens is 959 g/mol. The Morgan fingerprint density at radius 2 is 0.667 bits per heavy atom. The van der Waals surface area contributed by atoms with E-state index in [4.69, 9.17) is 11.2 Å². The van der Waals surface area contributed by atoms with Crippen molar-refractivity contribution < 1.29 is 39.2 Å². The molecule has 0 saturated carbocycles. The monoisotopic (exact) mass is 1010 g/mol. The van der Waals surface area contributed by atoms with Gasteiger partial charge in [0.1, 0.15) is 0 Å². The summed E-state index contributed by atoms with van der Waals surface area (Å²) in [5.74, 6) is 1.99. The van der Waals surface area contributed by atoms with Crippen molar-refractivity contribution >= 4 is 85.0 Å². The zero-order chi connectivity index (χ0) is 47.1. The average Bonchev–Trinajstić information content (AvgIpc) is 3.30. The molecule has 7 aromatic carbocycles. The minimum absolute atomic E-state index is 0.330. The third-order valence-corrected chi connectivity index (χ3v) is 13.8. The van der Waals surface area contributed by atoms with Gasteiger partial charge in [-0.2, -0.15) is 0 Å². The Hall–Kier alpha value is -4.50. The van der Waals surface area contributed by atoms with Crippen LogP contribution in [0, 0.1) is 32.5 Å². The molecule has 0 N–H and O–H groups in total. The van der Waals surface area contributed by atoms with Gasteiger partial charge in [-0.1, -0.05) is 227 Å². The van der Waals surface area contributed by atoms with Crippen molar-refractivity contribution in [1.29, 1.82) is 0 Å². The van der Waals surface area contributed by atoms with Gasteiger partial charge in [0, 0.05) is 0 Å². The van der Waals surface area contributed by atoms with Gasteiger partial charge < -0.3 is 17.3 Å². The number of benzene rings is 7. The first kappa shape index (κ1) is 56.5. The van der Waals surface area contributed by atoms with E-state index in [1.807, 2.05) is 55.2 Å². The van der Waals surface area contributed by atoms with E-state index in [1.54, 1.807) is 0 Å². The largest absolute Gasteiger partial charge is 0.0622 e. The Balaban J connectivity index is 0.000000420. The van der Waals surface area contributed by atoms with Crippen LogP contribution in [0.3, 0.4) is 0 Å². The average molecular weight is 1010 g/mol. The van der Waals surface area contributed by atoms with Crippen molar-refractivity contribution in [2.45, 2.75) is 34.6 Å². The maximum atomic E-state index is 9.75. The summed E-state index contributed by atoms with van der Waals surface area (Å²) in [5.41, 5.74) is 3.25. The molecule has 0 bridgehead atoms. The van der Waals surface area contributed by atoms with E-state index in [2.05, 4.69) is 233 Å². The van der Waals surface area contributed by atoms with Gasteiger partial charge >= 0.3 is 45.6 Å². The first-order valence-corrected chi connectivity index (χ1v) is 24.8. The quantitative estimate of drug-likeness (QED) is 0.0521. The van der Waals surface area contributed by atoms with Crippen LogP contribution in [0.4, 0.5) is 23.0 Å². The fourth-order valence-corrected chi connectivity index (χ4v) is 9.95. The predicted molar refractivity (Wildman–Crippen MR) is 266 cm³/mol. The summed E-state index contributed by atoms with van der Waals surface area (Å²) < 4.78 is 46.5. The van der Waals surface area contributed by atoms with E-state index in [0.717, 1.165) is 16.8 Å². The fourth-order valence-electron chi connectivity index (χ4n) is 5.34. The molecule has 0 unspecified atom stereocenters. The second-order valence-corrected chi connectivity index (χ2v) is 18.8. The number of hydrogen-bond donors (Lipinski definition) is 0. The molecule has 0 heterocycles. The number of rotatable bonds is 6. The minimum Gasteiger partial charge on any atom is -0.0622 e. The van der Waals surface area contributed by atoms with Gasteiger partial charge in [-0.05, 0) is 78.1 Å². The molecule has 63 heavy (non-hydrogen) atoms. The molecule has 0 fully saturated rings. The van der Waals surface area contributed by atoms with E-state index < -0.39 is 23.1 Å². The van der Waals surface area contributed by atoms with Crippen LogP contribution in [0.2, 0.25) is 0 Å². The topological polar surface area (TPSA) is 24.3 Å². The van der Waals surface area contributed by atoms with Crippen LogP contribution in [-0.4, -0.2) is 13.1 Å². The number of para-hydroxylation sites is 1. The minimum atomic E-state index is -6.00. The van der Waals surface area contributed by atoms with Crippen molar-refractivity contribution in [1.82, 2.24) is 0 Å². The molecule has 0 aliphatic heterocycles. The van der Waals surface area contributed by atoms with E-state index in [0.29, 0.717) is 5.41 Å². The molecule has 7 rings (SSSR count). The molecule has 0 spiro atoms. The zero-order valence-electron chi connectivity index (χ0n) is 35.7. The van der Waals surface area contributed by atoms with Gasteiger partial charge in [-0.25, -0.2) is 4.85 Å². The third-order valence-electron chi connectivity index (χ3n) is 8.07. The van der Waals surface area contributed by atoms with Gasteiger partial charge in [-0.15, -0.1) is 8.86 Å². The smallest absolute Gasteiger partial charge is 0.0134 e. The van der Waals surface area contributed by atoms with E-state index in [1.165, 1.54) is 31.8 Å². The number of nitrogens with zero attached hydrogens (tertiary/aromatic N) is 1. The standard InChI is InChI=1S/2C18H15P.C9H9N.C5H11P.CO.BF4.ClH.Ru/c2*1-4-10-16(11-5-1)19(17-12-6-2-7-13-17)18-14-8-3-9-15-18;1-7-5-4-6-8(2)9(7)10-3;1-5(2,3)4-6;1-2;2-1(3,4)5;;/h2*1-15H;4-6H,1-2H3;4,6H,1-3H3;;;1H;/q;;;;;-1;;+2/p-1. The van der Waals surface area contributed by atoms with Crippen molar-refractivity contribution in [3.05, 3.63) is 229 Å². The van der Waals surface area contributed by atoms with Crippen molar-refractivity contribution in [2.24, 2.45) is 5.41 Å². The molecule has 326 valence electrons. The Morgan fingerprint density at radius 3 is 0.794 bits per heavy atom. The molecule has 0 aliphatic rings. The third kappa shape index (κ3) is 23.7. The molecule has 2 nitrogen and oxygen atoms in total. The summed E-state index contributed by atoms with van der Waals surface area (Å²) in [4.78, 5) is 3.42. The Bertz CT molecular complexity index is 1990. The van der Waals surface area contributed by atoms with Crippen LogP contribution < -0.4 is 31.8 Å². The SMILES string of the molecule is CC(C)(C)C=P.F[B-](F)(F)F.[C-]#[N+]c1c(C)cccc1C.[C-]#[O+].[Cl][Ru+].c1ccc(P(c2ccccc2)c2ccccc2)cc1.c1ccc(P(c2ccccc2)c2ccccc2)cc1. The molecule has 0 radical (unpaired) electrons. The summed E-state index contributed by atoms with van der Waals surface area (Å²) in [6.07, 6.45) is 0. The zero-order valence-corrected chi connectivity index (χ0v) is 41.0. The Labute approximate surface area is 391 Å². The van der Waals surface area contributed by atoms with Crippen LogP contribution in [0.5, 0.6) is 0 Å². The van der Waals surface area contributed by atoms with Gasteiger partial charge in [0.25, 0.3) is 0 Å². The maximum absolute atomic E-state index is 9.75. The van der Waals surface area contributed by atoms with E-state index in [9.17, 15) is 17.3 Å². The van der Waals surface area contributed by atoms with Crippen molar-refractivity contribution in [3.63, 3.8) is 0 Å². The molecule has 0 amide bonds. The number of aryl methyl sites for hydroxylation is 2. The summed E-state index contributed by atoms with van der Waals surface area (Å²) in [7, 11) is 0.965. The van der Waals surface area contributed by atoms with Crippen LogP contribution in [0.15, 0.2) is 200 Å². The van der Waals surface area contributed by atoms with E-state index >= 15 is 0 Å². The normalized spacial score (nSPS) is 9.94. The first-order chi connectivity index (χ1) is 30.2. The van der Waals surface area contributed by atoms with Gasteiger partial charge in [0.05, 0.1) is 6.57 Å². The van der Waals surface area contributed by atoms with Crippen LogP contribution in [0.1, 0.15) is 31.9 Å². The van der Waals surface area contributed by atoms with Gasteiger partial charge in [-0.3, -0.25) is 0 Å². The number of halogens is 5. The van der Waals surface area contributed by atoms with Crippen LogP contribution in [0.25, 0.3) is 4.85 Å². The Kier molecular flexibility index (Phi) is 28.9. The molecule has 0 aliphatic carbocycles. The summed E-state index contributed by atoms with van der Waals surface area (Å²) in [5, 5.41) is 8.39. The molecule has 12 heteroatoms. The summed E-state index contributed by atoms with van der Waals surface area (Å²) in [6, 6.07) is 70.5. The van der Waals surface area contributed by atoms with Crippen LogP contribution in [-0.2, 0) is 22.0 Å². The first-order valence-electron chi connectivity index (χ1n) is 19.3. The summed E-state index contributed by atoms with van der Waals surface area (Å²) >= 11 is 1.82. The molecule has 7 aromatic rings. The van der Waals surface area contributed by atoms with E-state index in [-0.39, 0.29) is 0 Å². The molecule has 0 atom stereocenters. The summed E-state index contributed by atoms with van der Waals surface area (Å²) in [6.45, 7) is 21.7. The fraction of sp³-hybridized carbons (Fsp3) is 0.118. The molecule has 0 saturated heterocycles. The predicted octanol–water partition coefficient (Wildman–Crippen LogP) is 13.7. The van der Waals surface area contributed by atoms with Gasteiger partial charge in [0.15, 0.2) is 5.69 Å². The molecular formula is C51H50BClF4NOP3Ru. The second kappa shape index (κ2) is 32.2. The Morgan fingerprint density at radius 1 is 0.492 bits per heavy atom.